The van der Waals surface area contributed by atoms with Gasteiger partial charge in [0.2, 0.25) is 0 Å². The Kier molecular flexibility index (Phi) is 7.45. The van der Waals surface area contributed by atoms with Crippen molar-refractivity contribution in [1.82, 2.24) is 20.5 Å². The van der Waals surface area contributed by atoms with Crippen molar-refractivity contribution in [3.8, 4) is 0 Å². The van der Waals surface area contributed by atoms with Crippen LogP contribution in [-0.2, 0) is 19.5 Å². The van der Waals surface area contributed by atoms with Crippen LogP contribution in [0.1, 0.15) is 35.1 Å². The average molecular weight is 434 g/mol. The van der Waals surface area contributed by atoms with Crippen LogP contribution in [0.3, 0.4) is 0 Å². The van der Waals surface area contributed by atoms with Crippen LogP contribution < -0.4 is 10.6 Å². The average Bonchev–Trinajstić information content (AvgIpc) is 3.20. The molecule has 6 heteroatoms. The molecule has 0 radical (unpaired) electrons. The number of H-pyrrole nitrogens is 1. The summed E-state index contributed by atoms with van der Waals surface area (Å²) in [6.07, 6.45) is 4.69. The summed E-state index contributed by atoms with van der Waals surface area (Å²) in [5.41, 5.74) is 6.35. The number of hydrogen-bond donors (Lipinski definition) is 4. The third kappa shape index (κ3) is 5.90. The van der Waals surface area contributed by atoms with E-state index in [1.807, 2.05) is 7.05 Å². The van der Waals surface area contributed by atoms with E-state index in [1.165, 1.54) is 33.2 Å². The van der Waals surface area contributed by atoms with Gasteiger partial charge in [-0.05, 0) is 54.5 Å². The van der Waals surface area contributed by atoms with Gasteiger partial charge in [-0.3, -0.25) is 9.89 Å². The van der Waals surface area contributed by atoms with Crippen molar-refractivity contribution in [3.63, 3.8) is 0 Å². The molecule has 0 saturated carbocycles. The zero-order valence-electron chi connectivity index (χ0n) is 19.2. The molecule has 0 unspecified atom stereocenters. The molecule has 4 N–H and O–H groups in total. The molecule has 2 heterocycles. The van der Waals surface area contributed by atoms with Gasteiger partial charge in [0.1, 0.15) is 0 Å². The maximum atomic E-state index is 9.66. The van der Waals surface area contributed by atoms with Crippen molar-refractivity contribution in [2.45, 2.75) is 45.4 Å². The van der Waals surface area contributed by atoms with Gasteiger partial charge in [-0.15, -0.1) is 0 Å². The molecule has 0 atom stereocenters. The van der Waals surface area contributed by atoms with E-state index >= 15 is 0 Å². The van der Waals surface area contributed by atoms with Crippen LogP contribution in [0, 0.1) is 6.92 Å². The molecule has 6 nitrogen and oxygen atoms in total. The minimum Gasteiger partial charge on any atom is -0.393 e. The molecule has 32 heavy (non-hydrogen) atoms. The second-order valence-corrected chi connectivity index (χ2v) is 8.79. The van der Waals surface area contributed by atoms with Gasteiger partial charge in [0.25, 0.3) is 0 Å². The topological polar surface area (TPSA) is 75.7 Å². The quantitative estimate of drug-likeness (QED) is 0.341. The lowest BCUT2D eigenvalue weighted by Crippen LogP contribution is -2.37. The smallest absolute Gasteiger partial charge is 0.191 e. The minimum absolute atomic E-state index is 0.116. The zero-order valence-corrected chi connectivity index (χ0v) is 19.2. The Morgan fingerprint density at radius 1 is 1.09 bits per heavy atom. The van der Waals surface area contributed by atoms with E-state index in [-0.39, 0.29) is 6.10 Å². The van der Waals surface area contributed by atoms with E-state index in [9.17, 15) is 5.11 Å². The number of hydrogen-bond acceptors (Lipinski definition) is 3. The first-order valence-corrected chi connectivity index (χ1v) is 11.6. The van der Waals surface area contributed by atoms with E-state index in [1.54, 1.807) is 0 Å². The van der Waals surface area contributed by atoms with E-state index in [0.29, 0.717) is 0 Å². The largest absolute Gasteiger partial charge is 0.393 e. The summed E-state index contributed by atoms with van der Waals surface area (Å²) in [6, 6.07) is 15.3. The number of nitrogens with zero attached hydrogens (tertiary/aromatic N) is 2. The summed E-state index contributed by atoms with van der Waals surface area (Å²) < 4.78 is 0. The summed E-state index contributed by atoms with van der Waals surface area (Å²) in [4.78, 5) is 10.1. The fourth-order valence-corrected chi connectivity index (χ4v) is 4.33. The maximum absolute atomic E-state index is 9.66. The molecular formula is C26H35N5O. The molecule has 0 aliphatic carbocycles. The Morgan fingerprint density at radius 3 is 2.59 bits per heavy atom. The maximum Gasteiger partial charge on any atom is 0.191 e. The van der Waals surface area contributed by atoms with Crippen molar-refractivity contribution in [1.29, 1.82) is 0 Å². The highest BCUT2D eigenvalue weighted by Gasteiger charge is 2.16. The first-order chi connectivity index (χ1) is 15.6. The van der Waals surface area contributed by atoms with Crippen molar-refractivity contribution < 1.29 is 5.11 Å². The SMILES string of the molecule is CN=C(NCCc1c[nH]c2cc(C)ccc12)NCc1ccc(CN2CCC(O)CC2)cc1. The number of benzene rings is 2. The van der Waals surface area contributed by atoms with Crippen LogP contribution in [-0.4, -0.2) is 53.7 Å². The lowest BCUT2D eigenvalue weighted by Gasteiger charge is -2.29. The highest BCUT2D eigenvalue weighted by molar-refractivity contribution is 5.84. The highest BCUT2D eigenvalue weighted by atomic mass is 16.3. The Hall–Kier alpha value is -2.83. The van der Waals surface area contributed by atoms with E-state index in [2.05, 4.69) is 81.1 Å². The van der Waals surface area contributed by atoms with E-state index < -0.39 is 0 Å². The third-order valence-corrected chi connectivity index (χ3v) is 6.28. The number of aliphatic hydroxyl groups excluding tert-OH is 1. The lowest BCUT2D eigenvalue weighted by molar-refractivity contribution is 0.0792. The molecule has 170 valence electrons. The zero-order chi connectivity index (χ0) is 22.3. The second-order valence-electron chi connectivity index (χ2n) is 8.79. The van der Waals surface area contributed by atoms with Crippen molar-refractivity contribution in [2.75, 3.05) is 26.7 Å². The van der Waals surface area contributed by atoms with Gasteiger partial charge < -0.3 is 20.7 Å². The van der Waals surface area contributed by atoms with E-state index in [4.69, 9.17) is 0 Å². The Labute approximate surface area is 190 Å². The van der Waals surface area contributed by atoms with Gasteiger partial charge >= 0.3 is 0 Å². The summed E-state index contributed by atoms with van der Waals surface area (Å²) >= 11 is 0. The highest BCUT2D eigenvalue weighted by Crippen LogP contribution is 2.19. The molecule has 2 aromatic carbocycles. The summed E-state index contributed by atoms with van der Waals surface area (Å²) in [7, 11) is 1.81. The normalized spacial score (nSPS) is 15.9. The predicted molar refractivity (Wildman–Crippen MR) is 132 cm³/mol. The van der Waals surface area contributed by atoms with Gasteiger partial charge in [-0.2, -0.15) is 0 Å². The first kappa shape index (κ1) is 22.4. The number of likely N-dealkylation sites (tertiary alicyclic amines) is 1. The summed E-state index contributed by atoms with van der Waals surface area (Å²) in [6.45, 7) is 6.59. The van der Waals surface area contributed by atoms with Crippen LogP contribution >= 0.6 is 0 Å². The van der Waals surface area contributed by atoms with Gasteiger partial charge in [0, 0.05) is 56.9 Å². The molecule has 0 bridgehead atoms. The van der Waals surface area contributed by atoms with Crippen LogP contribution in [0.5, 0.6) is 0 Å². The number of aromatic amines is 1. The molecule has 1 aliphatic heterocycles. The van der Waals surface area contributed by atoms with E-state index in [0.717, 1.165) is 57.9 Å². The lowest BCUT2D eigenvalue weighted by atomic mass is 10.1. The Bertz CT molecular complexity index is 1030. The number of aliphatic imine (C=N–C) groups is 1. The first-order valence-electron chi connectivity index (χ1n) is 11.6. The predicted octanol–water partition coefficient (Wildman–Crippen LogP) is 3.34. The molecule has 3 aromatic rings. The second kappa shape index (κ2) is 10.7. The van der Waals surface area contributed by atoms with Gasteiger partial charge in [0.15, 0.2) is 5.96 Å². The molecule has 1 aliphatic rings. The number of guanidine groups is 1. The molecule has 1 saturated heterocycles. The summed E-state index contributed by atoms with van der Waals surface area (Å²) in [5, 5.41) is 17.8. The Balaban J connectivity index is 1.22. The number of fused-ring (bicyclic) bond motifs is 1. The number of rotatable bonds is 7. The summed E-state index contributed by atoms with van der Waals surface area (Å²) in [5.74, 6) is 0.816. The molecule has 0 amide bonds. The van der Waals surface area contributed by atoms with Gasteiger partial charge in [0.05, 0.1) is 6.10 Å². The molecule has 1 fully saturated rings. The van der Waals surface area contributed by atoms with Gasteiger partial charge in [-0.25, -0.2) is 0 Å². The van der Waals surface area contributed by atoms with Crippen LogP contribution in [0.15, 0.2) is 53.7 Å². The number of aryl methyl sites for hydroxylation is 1. The molecule has 1 aromatic heterocycles. The fraction of sp³-hybridized carbons (Fsp3) is 0.423. The minimum atomic E-state index is -0.116. The molecular weight excluding hydrogens is 398 g/mol. The van der Waals surface area contributed by atoms with Crippen molar-refractivity contribution >= 4 is 16.9 Å². The number of aliphatic hydroxyl groups is 1. The standard InChI is InChI=1S/C26H35N5O/c1-19-3-8-24-22(17-29-25(24)15-19)9-12-28-26(27-2)30-16-20-4-6-21(7-5-20)18-31-13-10-23(32)11-14-31/h3-8,15,17,23,29,32H,9-14,16,18H2,1-2H3,(H2,27,28,30). The molecule has 0 spiro atoms. The van der Waals surface area contributed by atoms with Crippen molar-refractivity contribution in [2.24, 2.45) is 4.99 Å². The van der Waals surface area contributed by atoms with Crippen LogP contribution in [0.2, 0.25) is 0 Å². The monoisotopic (exact) mass is 433 g/mol. The van der Waals surface area contributed by atoms with Crippen molar-refractivity contribution in [3.05, 3.63) is 70.9 Å². The number of nitrogens with one attached hydrogen (secondary N) is 3. The molecule has 4 rings (SSSR count). The van der Waals surface area contributed by atoms with Crippen LogP contribution in [0.25, 0.3) is 10.9 Å². The third-order valence-electron chi connectivity index (χ3n) is 6.28. The number of piperidine rings is 1. The fourth-order valence-electron chi connectivity index (χ4n) is 4.33. The van der Waals surface area contributed by atoms with Gasteiger partial charge in [-0.1, -0.05) is 36.4 Å². The Morgan fingerprint density at radius 2 is 1.84 bits per heavy atom. The number of aromatic nitrogens is 1. The van der Waals surface area contributed by atoms with Crippen LogP contribution in [0.4, 0.5) is 0 Å².